The lowest BCUT2D eigenvalue weighted by Gasteiger charge is -2.01. The second kappa shape index (κ2) is 4.43. The quantitative estimate of drug-likeness (QED) is 0.790. The maximum atomic E-state index is 11.0. The Bertz CT molecular complexity index is 425. The number of carboxylic acid groups (broad SMARTS) is 1. The number of halogens is 1. The minimum absolute atomic E-state index is 0. The van der Waals surface area contributed by atoms with E-state index in [4.69, 9.17) is 5.11 Å². The van der Waals surface area contributed by atoms with Crippen molar-refractivity contribution in [3.63, 3.8) is 0 Å². The van der Waals surface area contributed by atoms with Crippen molar-refractivity contribution < 1.29 is 18.3 Å². The van der Waals surface area contributed by atoms with Crippen LogP contribution in [-0.2, 0) is 21.2 Å². The highest BCUT2D eigenvalue weighted by Gasteiger charge is 2.15. The van der Waals surface area contributed by atoms with Crippen LogP contribution in [0.3, 0.4) is 0 Å². The SMILES string of the molecule is CS(=O)(=O)c1nccn1CC(=O)O.Cl. The molecule has 6 nitrogen and oxygen atoms in total. The fourth-order valence-corrected chi connectivity index (χ4v) is 1.69. The van der Waals surface area contributed by atoms with Crippen LogP contribution >= 0.6 is 12.4 Å². The van der Waals surface area contributed by atoms with Gasteiger partial charge in [-0.25, -0.2) is 13.4 Å². The van der Waals surface area contributed by atoms with Crippen molar-refractivity contribution in [3.05, 3.63) is 12.4 Å². The Morgan fingerprint density at radius 1 is 1.64 bits per heavy atom. The number of hydrogen-bond acceptors (Lipinski definition) is 4. The second-order valence-electron chi connectivity index (χ2n) is 2.50. The Morgan fingerprint density at radius 2 is 2.21 bits per heavy atom. The Morgan fingerprint density at radius 3 is 2.64 bits per heavy atom. The maximum Gasteiger partial charge on any atom is 0.323 e. The predicted molar refractivity (Wildman–Crippen MR) is 50.2 cm³/mol. The molecule has 0 aliphatic carbocycles. The molecular formula is C6H9ClN2O4S. The van der Waals surface area contributed by atoms with E-state index < -0.39 is 22.4 Å². The molecule has 1 heterocycles. The number of carboxylic acids is 1. The molecule has 1 aromatic rings. The zero-order valence-corrected chi connectivity index (χ0v) is 8.88. The fourth-order valence-electron chi connectivity index (χ4n) is 0.890. The van der Waals surface area contributed by atoms with Crippen LogP contribution in [0.2, 0.25) is 0 Å². The van der Waals surface area contributed by atoms with E-state index in [-0.39, 0.29) is 17.6 Å². The van der Waals surface area contributed by atoms with Crippen LogP contribution in [0.15, 0.2) is 17.6 Å². The number of imidazole rings is 1. The number of sulfone groups is 1. The van der Waals surface area contributed by atoms with E-state index in [1.807, 2.05) is 0 Å². The number of rotatable bonds is 3. The van der Waals surface area contributed by atoms with Gasteiger partial charge in [-0.2, -0.15) is 0 Å². The highest BCUT2D eigenvalue weighted by Crippen LogP contribution is 2.05. The first-order valence-electron chi connectivity index (χ1n) is 3.34. The van der Waals surface area contributed by atoms with Crippen LogP contribution in [-0.4, -0.2) is 35.3 Å². The van der Waals surface area contributed by atoms with Gasteiger partial charge in [-0.3, -0.25) is 4.79 Å². The van der Waals surface area contributed by atoms with Gasteiger partial charge in [-0.1, -0.05) is 0 Å². The van der Waals surface area contributed by atoms with Gasteiger partial charge in [0.1, 0.15) is 6.54 Å². The summed E-state index contributed by atoms with van der Waals surface area (Å²) < 4.78 is 23.1. The average Bonchev–Trinajstić information content (AvgIpc) is 2.31. The zero-order valence-electron chi connectivity index (χ0n) is 7.24. The molecule has 0 aliphatic rings. The average molecular weight is 241 g/mol. The minimum Gasteiger partial charge on any atom is -0.480 e. The fraction of sp³-hybridized carbons (Fsp3) is 0.333. The minimum atomic E-state index is -3.45. The molecule has 14 heavy (non-hydrogen) atoms. The van der Waals surface area contributed by atoms with E-state index >= 15 is 0 Å². The molecule has 1 aromatic heterocycles. The van der Waals surface area contributed by atoms with Crippen molar-refractivity contribution in [2.24, 2.45) is 0 Å². The summed E-state index contributed by atoms with van der Waals surface area (Å²) in [5, 5.41) is 8.21. The Kier molecular flexibility index (Phi) is 4.08. The van der Waals surface area contributed by atoms with Gasteiger partial charge in [-0.05, 0) is 0 Å². The molecule has 0 spiro atoms. The van der Waals surface area contributed by atoms with Crippen molar-refractivity contribution in [1.29, 1.82) is 0 Å². The van der Waals surface area contributed by atoms with Crippen molar-refractivity contribution in [3.8, 4) is 0 Å². The van der Waals surface area contributed by atoms with Crippen LogP contribution in [0.5, 0.6) is 0 Å². The Balaban J connectivity index is 0.00000169. The van der Waals surface area contributed by atoms with Crippen molar-refractivity contribution in [2.45, 2.75) is 11.7 Å². The van der Waals surface area contributed by atoms with Crippen molar-refractivity contribution >= 4 is 28.2 Å². The number of aliphatic carboxylic acids is 1. The van der Waals surface area contributed by atoms with E-state index in [9.17, 15) is 13.2 Å². The second-order valence-corrected chi connectivity index (χ2v) is 4.41. The first-order valence-corrected chi connectivity index (χ1v) is 5.23. The van der Waals surface area contributed by atoms with Crippen LogP contribution in [0.4, 0.5) is 0 Å². The predicted octanol–water partition coefficient (Wildman–Crippen LogP) is -0.207. The third kappa shape index (κ3) is 3.00. The van der Waals surface area contributed by atoms with Crippen molar-refractivity contribution in [2.75, 3.05) is 6.26 Å². The Hall–Kier alpha value is -1.08. The number of hydrogen-bond donors (Lipinski definition) is 1. The molecule has 0 amide bonds. The smallest absolute Gasteiger partial charge is 0.323 e. The zero-order chi connectivity index (χ0) is 10.1. The molecule has 0 saturated heterocycles. The molecule has 0 aliphatic heterocycles. The first kappa shape index (κ1) is 12.9. The molecular weight excluding hydrogens is 232 g/mol. The summed E-state index contributed by atoms with van der Waals surface area (Å²) in [5.74, 6) is -1.11. The van der Waals surface area contributed by atoms with Gasteiger partial charge in [-0.15, -0.1) is 12.4 Å². The highest BCUT2D eigenvalue weighted by molar-refractivity contribution is 7.90. The molecule has 0 saturated carbocycles. The van der Waals surface area contributed by atoms with E-state index in [2.05, 4.69) is 4.98 Å². The van der Waals surface area contributed by atoms with Crippen LogP contribution in [0.25, 0.3) is 0 Å². The van der Waals surface area contributed by atoms with Crippen molar-refractivity contribution in [1.82, 2.24) is 9.55 Å². The largest absolute Gasteiger partial charge is 0.480 e. The summed E-state index contributed by atoms with van der Waals surface area (Å²) in [4.78, 5) is 13.9. The molecule has 1 rings (SSSR count). The van der Waals surface area contributed by atoms with Gasteiger partial charge >= 0.3 is 5.97 Å². The molecule has 0 unspecified atom stereocenters. The van der Waals surface area contributed by atoms with Gasteiger partial charge in [0.15, 0.2) is 0 Å². The van der Waals surface area contributed by atoms with Gasteiger partial charge < -0.3 is 9.67 Å². The number of nitrogens with zero attached hydrogens (tertiary/aromatic N) is 2. The molecule has 0 radical (unpaired) electrons. The third-order valence-corrected chi connectivity index (χ3v) is 2.32. The molecule has 8 heteroatoms. The summed E-state index contributed by atoms with van der Waals surface area (Å²) in [6.45, 7) is -0.400. The van der Waals surface area contributed by atoms with Gasteiger partial charge in [0.25, 0.3) is 0 Å². The van der Waals surface area contributed by atoms with E-state index in [0.29, 0.717) is 0 Å². The molecule has 0 aromatic carbocycles. The van der Waals surface area contributed by atoms with E-state index in [0.717, 1.165) is 10.8 Å². The Labute approximate surface area is 86.9 Å². The lowest BCUT2D eigenvalue weighted by atomic mass is 10.6. The topological polar surface area (TPSA) is 89.3 Å². The van der Waals surface area contributed by atoms with E-state index in [1.165, 1.54) is 12.4 Å². The van der Waals surface area contributed by atoms with Crippen LogP contribution in [0, 0.1) is 0 Å². The summed E-state index contributed by atoms with van der Waals surface area (Å²) in [6, 6.07) is 0. The molecule has 0 fully saturated rings. The van der Waals surface area contributed by atoms with Crippen LogP contribution < -0.4 is 0 Å². The summed E-state index contributed by atoms with van der Waals surface area (Å²) in [7, 11) is -3.45. The summed E-state index contributed by atoms with van der Waals surface area (Å²) in [5.41, 5.74) is 0. The molecule has 80 valence electrons. The van der Waals surface area contributed by atoms with Gasteiger partial charge in [0, 0.05) is 18.6 Å². The molecule has 1 N–H and O–H groups in total. The summed E-state index contributed by atoms with van der Waals surface area (Å²) in [6.07, 6.45) is 3.54. The van der Waals surface area contributed by atoms with Gasteiger partial charge in [0.2, 0.25) is 15.0 Å². The lowest BCUT2D eigenvalue weighted by Crippen LogP contribution is -2.14. The van der Waals surface area contributed by atoms with E-state index in [1.54, 1.807) is 0 Å². The maximum absolute atomic E-state index is 11.0. The summed E-state index contributed by atoms with van der Waals surface area (Å²) >= 11 is 0. The standard InChI is InChI=1S/C6H8N2O4S.ClH/c1-13(11,12)6-7-2-3-8(6)4-5(9)10;/h2-3H,4H2,1H3,(H,9,10);1H. The lowest BCUT2D eigenvalue weighted by molar-refractivity contribution is -0.137. The third-order valence-electron chi connectivity index (χ3n) is 1.31. The van der Waals surface area contributed by atoms with Gasteiger partial charge in [0.05, 0.1) is 0 Å². The van der Waals surface area contributed by atoms with Crippen LogP contribution in [0.1, 0.15) is 0 Å². The normalized spacial score (nSPS) is 10.6. The number of carbonyl (C=O) groups is 1. The highest BCUT2D eigenvalue weighted by atomic mass is 35.5. The molecule has 0 atom stereocenters. The molecule has 0 bridgehead atoms. The number of aromatic nitrogens is 2. The first-order chi connectivity index (χ1) is 5.91. The monoisotopic (exact) mass is 240 g/mol.